The number of ketones is 1. The summed E-state index contributed by atoms with van der Waals surface area (Å²) in [5.74, 6) is -0.116. The van der Waals surface area contributed by atoms with E-state index in [1.807, 2.05) is 30.3 Å². The highest BCUT2D eigenvalue weighted by atomic mass is 16.5. The summed E-state index contributed by atoms with van der Waals surface area (Å²) in [5, 5.41) is 5.01. The molecule has 4 aromatic rings. The van der Waals surface area contributed by atoms with Crippen LogP contribution in [0.15, 0.2) is 77.6 Å². The first-order valence-electron chi connectivity index (χ1n) is 11.2. The van der Waals surface area contributed by atoms with Crippen LogP contribution >= 0.6 is 0 Å². The van der Waals surface area contributed by atoms with Crippen molar-refractivity contribution in [3.63, 3.8) is 0 Å². The quantitative estimate of drug-likeness (QED) is 0.313. The zero-order valence-electron chi connectivity index (χ0n) is 18.8. The largest absolute Gasteiger partial charge is 0.490 e. The predicted molar refractivity (Wildman–Crippen MR) is 128 cm³/mol. The second-order valence-electron chi connectivity index (χ2n) is 8.05. The summed E-state index contributed by atoms with van der Waals surface area (Å²) in [4.78, 5) is 38.7. The van der Waals surface area contributed by atoms with Crippen LogP contribution in [0.2, 0.25) is 0 Å². The van der Waals surface area contributed by atoms with Crippen LogP contribution in [-0.2, 0) is 11.3 Å². The fourth-order valence-electron chi connectivity index (χ4n) is 3.87. The predicted octanol–water partition coefficient (Wildman–Crippen LogP) is 3.65. The number of carbonyl (C=O) groups is 2. The minimum Gasteiger partial charge on any atom is -0.490 e. The highest BCUT2D eigenvalue weighted by Crippen LogP contribution is 2.30. The van der Waals surface area contributed by atoms with E-state index >= 15 is 0 Å². The molecule has 0 radical (unpaired) electrons. The molecule has 0 spiro atoms. The molecule has 3 aromatic carbocycles. The van der Waals surface area contributed by atoms with Crippen molar-refractivity contribution in [2.45, 2.75) is 13.0 Å². The van der Waals surface area contributed by atoms with Crippen LogP contribution in [0.4, 0.5) is 0 Å². The number of fused-ring (bicyclic) bond motifs is 2. The van der Waals surface area contributed by atoms with Crippen LogP contribution in [-0.4, -0.2) is 41.4 Å². The van der Waals surface area contributed by atoms with Gasteiger partial charge in [0.1, 0.15) is 0 Å². The second-order valence-corrected chi connectivity index (χ2v) is 8.05. The Morgan fingerprint density at radius 1 is 0.886 bits per heavy atom. The van der Waals surface area contributed by atoms with Gasteiger partial charge in [-0.3, -0.25) is 9.59 Å². The zero-order valence-corrected chi connectivity index (χ0v) is 18.8. The van der Waals surface area contributed by atoms with Crippen LogP contribution in [0.3, 0.4) is 0 Å². The van der Waals surface area contributed by atoms with E-state index in [0.29, 0.717) is 41.0 Å². The summed E-state index contributed by atoms with van der Waals surface area (Å²) in [6, 6.07) is 20.9. The van der Waals surface area contributed by atoms with Gasteiger partial charge >= 0.3 is 5.97 Å². The Morgan fingerprint density at radius 3 is 2.40 bits per heavy atom. The minimum atomic E-state index is -0.786. The lowest BCUT2D eigenvalue weighted by molar-refractivity contribution is 0.0468. The van der Waals surface area contributed by atoms with E-state index < -0.39 is 18.4 Å². The SMILES string of the molecule is O=C(COC(=O)c1nn(Cc2ccccc2)c(=O)c2ccccc12)c1ccc2c(c1)OCCCO2. The number of aromatic nitrogens is 2. The molecule has 0 saturated carbocycles. The first-order valence-corrected chi connectivity index (χ1v) is 11.2. The Labute approximate surface area is 200 Å². The first-order chi connectivity index (χ1) is 17.1. The number of rotatable bonds is 6. The number of nitrogens with zero attached hydrogens (tertiary/aromatic N) is 2. The second kappa shape index (κ2) is 9.80. The van der Waals surface area contributed by atoms with E-state index in [1.54, 1.807) is 42.5 Å². The Kier molecular flexibility index (Phi) is 6.26. The minimum absolute atomic E-state index is 0.0254. The third kappa shape index (κ3) is 4.77. The van der Waals surface area contributed by atoms with Crippen LogP contribution < -0.4 is 15.0 Å². The average Bonchev–Trinajstić information content (AvgIpc) is 3.14. The highest BCUT2D eigenvalue weighted by Gasteiger charge is 2.20. The highest BCUT2D eigenvalue weighted by molar-refractivity contribution is 6.04. The van der Waals surface area contributed by atoms with E-state index in [1.165, 1.54) is 4.68 Å². The van der Waals surface area contributed by atoms with Crippen molar-refractivity contribution in [3.05, 3.63) is 100.0 Å². The molecule has 1 aromatic heterocycles. The third-order valence-electron chi connectivity index (χ3n) is 5.64. The monoisotopic (exact) mass is 470 g/mol. The van der Waals surface area contributed by atoms with Crippen molar-refractivity contribution in [2.75, 3.05) is 19.8 Å². The lowest BCUT2D eigenvalue weighted by Gasteiger charge is -2.11. The van der Waals surface area contributed by atoms with Crippen molar-refractivity contribution < 1.29 is 23.8 Å². The molecule has 8 heteroatoms. The molecule has 35 heavy (non-hydrogen) atoms. The van der Waals surface area contributed by atoms with Gasteiger partial charge < -0.3 is 14.2 Å². The summed E-state index contributed by atoms with van der Waals surface area (Å²) < 4.78 is 17.8. The molecule has 2 heterocycles. The molecule has 8 nitrogen and oxygen atoms in total. The molecule has 0 bridgehead atoms. The zero-order chi connectivity index (χ0) is 24.2. The molecule has 0 atom stereocenters. The number of esters is 1. The Balaban J connectivity index is 1.38. The summed E-state index contributed by atoms with van der Waals surface area (Å²) in [6.45, 7) is 0.759. The van der Waals surface area contributed by atoms with Crippen molar-refractivity contribution in [3.8, 4) is 11.5 Å². The van der Waals surface area contributed by atoms with Crippen molar-refractivity contribution in [1.29, 1.82) is 0 Å². The number of benzene rings is 3. The summed E-state index contributed by atoms with van der Waals surface area (Å²) in [5.41, 5.74) is 0.863. The van der Waals surface area contributed by atoms with Crippen LogP contribution in [0.1, 0.15) is 32.8 Å². The van der Waals surface area contributed by atoms with E-state index in [0.717, 1.165) is 12.0 Å². The van der Waals surface area contributed by atoms with Crippen LogP contribution in [0, 0.1) is 0 Å². The van der Waals surface area contributed by atoms with E-state index in [-0.39, 0.29) is 17.8 Å². The topological polar surface area (TPSA) is 96.7 Å². The molecular formula is C27H22N2O6. The fourth-order valence-corrected chi connectivity index (χ4v) is 3.87. The van der Waals surface area contributed by atoms with Gasteiger partial charge in [0.25, 0.3) is 5.56 Å². The maximum absolute atomic E-state index is 13.0. The van der Waals surface area contributed by atoms with Crippen LogP contribution in [0.5, 0.6) is 11.5 Å². The van der Waals surface area contributed by atoms with E-state index in [2.05, 4.69) is 5.10 Å². The smallest absolute Gasteiger partial charge is 0.359 e. The van der Waals surface area contributed by atoms with Gasteiger partial charge in [0.05, 0.1) is 25.1 Å². The average molecular weight is 470 g/mol. The van der Waals surface area contributed by atoms with Gasteiger partial charge in [-0.1, -0.05) is 48.5 Å². The lowest BCUT2D eigenvalue weighted by Crippen LogP contribution is -2.27. The van der Waals surface area contributed by atoms with E-state index in [9.17, 15) is 14.4 Å². The molecule has 176 valence electrons. The first kappa shape index (κ1) is 22.3. The van der Waals surface area contributed by atoms with E-state index in [4.69, 9.17) is 14.2 Å². The number of Topliss-reactive ketones (excluding diaryl/α,β-unsaturated/α-hetero) is 1. The van der Waals surface area contributed by atoms with Gasteiger partial charge in [-0.2, -0.15) is 5.10 Å². The Bertz CT molecular complexity index is 1460. The maximum atomic E-state index is 13.0. The molecule has 1 aliphatic rings. The third-order valence-corrected chi connectivity index (χ3v) is 5.64. The molecule has 1 aliphatic heterocycles. The van der Waals surface area contributed by atoms with Gasteiger partial charge in [-0.15, -0.1) is 0 Å². The van der Waals surface area contributed by atoms with Gasteiger partial charge in [-0.25, -0.2) is 9.48 Å². The normalized spacial score (nSPS) is 12.7. The molecule has 0 fully saturated rings. The molecule has 0 N–H and O–H groups in total. The maximum Gasteiger partial charge on any atom is 0.359 e. The number of hydrogen-bond donors (Lipinski definition) is 0. The number of hydrogen-bond acceptors (Lipinski definition) is 7. The van der Waals surface area contributed by atoms with Gasteiger partial charge in [-0.05, 0) is 29.8 Å². The molecule has 0 amide bonds. The van der Waals surface area contributed by atoms with Crippen molar-refractivity contribution in [1.82, 2.24) is 9.78 Å². The summed E-state index contributed by atoms with van der Waals surface area (Å²) >= 11 is 0. The van der Waals surface area contributed by atoms with Crippen molar-refractivity contribution >= 4 is 22.5 Å². The van der Waals surface area contributed by atoms with Crippen LogP contribution in [0.25, 0.3) is 10.8 Å². The molecule has 0 unspecified atom stereocenters. The number of carbonyl (C=O) groups excluding carboxylic acids is 2. The molecule has 0 aliphatic carbocycles. The van der Waals surface area contributed by atoms with Crippen molar-refractivity contribution in [2.24, 2.45) is 0 Å². The van der Waals surface area contributed by atoms with Gasteiger partial charge in [0.2, 0.25) is 0 Å². The summed E-state index contributed by atoms with van der Waals surface area (Å²) in [6.07, 6.45) is 0.753. The standard InChI is InChI=1S/C27H22N2O6/c30-22(19-11-12-23-24(15-19)34-14-6-13-33-23)17-35-27(32)25-20-9-4-5-10-21(20)26(31)29(28-25)16-18-7-2-1-3-8-18/h1-5,7-12,15H,6,13-14,16-17H2. The lowest BCUT2D eigenvalue weighted by atomic mass is 10.1. The summed E-state index contributed by atoms with van der Waals surface area (Å²) in [7, 11) is 0. The molecule has 0 saturated heterocycles. The molecular weight excluding hydrogens is 448 g/mol. The number of ether oxygens (including phenoxy) is 3. The van der Waals surface area contributed by atoms with Gasteiger partial charge in [0.15, 0.2) is 29.6 Å². The fraction of sp³-hybridized carbons (Fsp3) is 0.185. The Morgan fingerprint density at radius 2 is 1.60 bits per heavy atom. The van der Waals surface area contributed by atoms with Gasteiger partial charge in [0, 0.05) is 17.4 Å². The Hall–Kier alpha value is -4.46. The molecule has 5 rings (SSSR count).